The molecule has 26 heavy (non-hydrogen) atoms. The first-order valence-corrected chi connectivity index (χ1v) is 9.08. The van der Waals surface area contributed by atoms with Gasteiger partial charge in [-0.05, 0) is 44.9 Å². The minimum atomic E-state index is -0.863. The van der Waals surface area contributed by atoms with Crippen molar-refractivity contribution in [2.24, 2.45) is 5.92 Å². The summed E-state index contributed by atoms with van der Waals surface area (Å²) in [6.45, 7) is 3.71. The van der Waals surface area contributed by atoms with Crippen LogP contribution in [0, 0.1) is 5.92 Å². The number of nitrogens with one attached hydrogen (secondary N) is 3. The molecule has 1 aromatic carbocycles. The smallest absolute Gasteiger partial charge is 0.319 e. The van der Waals surface area contributed by atoms with Crippen LogP contribution in [-0.2, 0) is 4.79 Å². The summed E-state index contributed by atoms with van der Waals surface area (Å²) >= 11 is 0. The lowest BCUT2D eigenvalue weighted by molar-refractivity contribution is -0.142. The average molecular weight is 361 g/mol. The normalized spacial score (nSPS) is 20.1. The van der Waals surface area contributed by atoms with E-state index in [9.17, 15) is 19.5 Å². The molecule has 1 fully saturated rings. The van der Waals surface area contributed by atoms with Crippen molar-refractivity contribution in [3.8, 4) is 0 Å². The van der Waals surface area contributed by atoms with E-state index in [-0.39, 0.29) is 24.0 Å². The predicted molar refractivity (Wildman–Crippen MR) is 99.2 cm³/mol. The Balaban J connectivity index is 2.05. The van der Waals surface area contributed by atoms with Crippen LogP contribution in [0.3, 0.4) is 0 Å². The predicted octanol–water partition coefficient (Wildman–Crippen LogP) is 2.98. The van der Waals surface area contributed by atoms with Crippen molar-refractivity contribution in [2.75, 3.05) is 5.32 Å². The Morgan fingerprint density at radius 3 is 2.54 bits per heavy atom. The van der Waals surface area contributed by atoms with Gasteiger partial charge in [0.15, 0.2) is 0 Å². The summed E-state index contributed by atoms with van der Waals surface area (Å²) in [5, 5.41) is 17.7. The van der Waals surface area contributed by atoms with Gasteiger partial charge in [-0.3, -0.25) is 9.59 Å². The minimum Gasteiger partial charge on any atom is -0.481 e. The maximum absolute atomic E-state index is 12.6. The van der Waals surface area contributed by atoms with Crippen LogP contribution in [0.1, 0.15) is 56.3 Å². The van der Waals surface area contributed by atoms with E-state index in [1.807, 2.05) is 13.8 Å². The van der Waals surface area contributed by atoms with Gasteiger partial charge in [0.05, 0.1) is 5.92 Å². The molecule has 0 aromatic heterocycles. The Labute approximate surface area is 153 Å². The second kappa shape index (κ2) is 9.22. The fourth-order valence-corrected chi connectivity index (χ4v) is 3.20. The number of aliphatic carboxylic acids is 1. The molecule has 0 spiro atoms. The molecule has 0 heterocycles. The minimum absolute atomic E-state index is 0.00432. The van der Waals surface area contributed by atoms with Gasteiger partial charge in [-0.2, -0.15) is 0 Å². The number of hydrogen-bond acceptors (Lipinski definition) is 3. The van der Waals surface area contributed by atoms with Crippen molar-refractivity contribution < 1.29 is 19.5 Å². The highest BCUT2D eigenvalue weighted by molar-refractivity contribution is 5.97. The van der Waals surface area contributed by atoms with E-state index in [1.54, 1.807) is 24.3 Å². The third kappa shape index (κ3) is 5.75. The summed E-state index contributed by atoms with van der Waals surface area (Å²) in [6.07, 6.45) is 4.01. The van der Waals surface area contributed by atoms with Crippen LogP contribution >= 0.6 is 0 Å². The highest BCUT2D eigenvalue weighted by Gasteiger charge is 2.30. The summed E-state index contributed by atoms with van der Waals surface area (Å²) in [7, 11) is 0. The Morgan fingerprint density at radius 2 is 1.85 bits per heavy atom. The molecule has 7 heteroatoms. The monoisotopic (exact) mass is 361 g/mol. The Bertz CT molecular complexity index is 660. The zero-order valence-corrected chi connectivity index (χ0v) is 15.2. The lowest BCUT2D eigenvalue weighted by Crippen LogP contribution is -2.42. The van der Waals surface area contributed by atoms with Crippen molar-refractivity contribution in [1.82, 2.24) is 10.6 Å². The van der Waals surface area contributed by atoms with E-state index in [2.05, 4.69) is 16.0 Å². The molecular weight excluding hydrogens is 334 g/mol. The number of benzene rings is 1. The summed E-state index contributed by atoms with van der Waals surface area (Å²) in [6, 6.07) is 5.90. The number of rotatable bonds is 5. The van der Waals surface area contributed by atoms with Crippen LogP contribution in [0.25, 0.3) is 0 Å². The van der Waals surface area contributed by atoms with Gasteiger partial charge in [-0.25, -0.2) is 4.79 Å². The molecule has 1 saturated carbocycles. The number of hydrogen-bond donors (Lipinski definition) is 4. The lowest BCUT2D eigenvalue weighted by Gasteiger charge is -2.23. The lowest BCUT2D eigenvalue weighted by atomic mass is 9.94. The average Bonchev–Trinajstić information content (AvgIpc) is 2.79. The number of urea groups is 1. The van der Waals surface area contributed by atoms with Gasteiger partial charge in [0.2, 0.25) is 0 Å². The van der Waals surface area contributed by atoms with Crippen molar-refractivity contribution in [1.29, 1.82) is 0 Å². The SMILES string of the molecule is CC(C)NC(=O)Nc1cccc(C(=O)N[C@H]2CCCCC[C@H]2C(=O)O)c1. The highest BCUT2D eigenvalue weighted by atomic mass is 16.4. The maximum Gasteiger partial charge on any atom is 0.319 e. The van der Waals surface area contributed by atoms with E-state index in [0.29, 0.717) is 24.1 Å². The van der Waals surface area contributed by atoms with Crippen molar-refractivity contribution >= 4 is 23.6 Å². The number of carboxylic acids is 1. The van der Waals surface area contributed by atoms with Gasteiger partial charge in [-0.1, -0.05) is 25.3 Å². The van der Waals surface area contributed by atoms with E-state index < -0.39 is 11.9 Å². The van der Waals surface area contributed by atoms with Crippen LogP contribution in [0.15, 0.2) is 24.3 Å². The molecule has 2 rings (SSSR count). The second-order valence-corrected chi connectivity index (χ2v) is 7.00. The van der Waals surface area contributed by atoms with E-state index in [4.69, 9.17) is 0 Å². The first-order chi connectivity index (χ1) is 12.4. The van der Waals surface area contributed by atoms with Gasteiger partial charge in [0, 0.05) is 23.3 Å². The molecule has 0 aliphatic heterocycles. The molecule has 1 aromatic rings. The summed E-state index contributed by atoms with van der Waals surface area (Å²) in [5.41, 5.74) is 0.896. The molecule has 4 N–H and O–H groups in total. The molecule has 0 bridgehead atoms. The Kier molecular flexibility index (Phi) is 7.00. The van der Waals surface area contributed by atoms with Crippen LogP contribution in [-0.4, -0.2) is 35.1 Å². The summed E-state index contributed by atoms with van der Waals surface area (Å²) in [4.78, 5) is 35.9. The zero-order chi connectivity index (χ0) is 19.1. The molecule has 0 saturated heterocycles. The summed E-state index contributed by atoms with van der Waals surface area (Å²) in [5.74, 6) is -1.74. The van der Waals surface area contributed by atoms with Crippen molar-refractivity contribution in [3.63, 3.8) is 0 Å². The Hall–Kier alpha value is -2.57. The third-order valence-corrected chi connectivity index (χ3v) is 4.45. The van der Waals surface area contributed by atoms with E-state index in [0.717, 1.165) is 19.3 Å². The molecule has 2 atom stereocenters. The van der Waals surface area contributed by atoms with Crippen molar-refractivity contribution in [2.45, 2.75) is 58.0 Å². The molecule has 1 aliphatic carbocycles. The van der Waals surface area contributed by atoms with Crippen LogP contribution < -0.4 is 16.0 Å². The van der Waals surface area contributed by atoms with E-state index in [1.165, 1.54) is 0 Å². The molecule has 0 radical (unpaired) electrons. The van der Waals surface area contributed by atoms with Gasteiger partial charge < -0.3 is 21.1 Å². The summed E-state index contributed by atoms with van der Waals surface area (Å²) < 4.78 is 0. The fourth-order valence-electron chi connectivity index (χ4n) is 3.20. The van der Waals surface area contributed by atoms with Gasteiger partial charge >= 0.3 is 12.0 Å². The number of carboxylic acid groups (broad SMARTS) is 1. The number of amides is 3. The number of carbonyl (C=O) groups is 3. The number of carbonyl (C=O) groups excluding carboxylic acids is 2. The van der Waals surface area contributed by atoms with Crippen molar-refractivity contribution in [3.05, 3.63) is 29.8 Å². The quantitative estimate of drug-likeness (QED) is 0.605. The molecule has 142 valence electrons. The second-order valence-electron chi connectivity index (χ2n) is 7.00. The van der Waals surface area contributed by atoms with Crippen LogP contribution in [0.5, 0.6) is 0 Å². The molecule has 7 nitrogen and oxygen atoms in total. The topological polar surface area (TPSA) is 108 Å². The molecule has 3 amide bonds. The fraction of sp³-hybridized carbons (Fsp3) is 0.526. The third-order valence-electron chi connectivity index (χ3n) is 4.45. The van der Waals surface area contributed by atoms with Crippen LogP contribution in [0.2, 0.25) is 0 Å². The Morgan fingerprint density at radius 1 is 1.12 bits per heavy atom. The van der Waals surface area contributed by atoms with Gasteiger partial charge in [-0.15, -0.1) is 0 Å². The van der Waals surface area contributed by atoms with Gasteiger partial charge in [0.25, 0.3) is 5.91 Å². The maximum atomic E-state index is 12.6. The highest BCUT2D eigenvalue weighted by Crippen LogP contribution is 2.24. The zero-order valence-electron chi connectivity index (χ0n) is 15.2. The largest absolute Gasteiger partial charge is 0.481 e. The standard InChI is InChI=1S/C19H27N3O4/c1-12(2)20-19(26)21-14-8-6-7-13(11-14)17(23)22-16-10-5-3-4-9-15(16)18(24)25/h6-8,11-12,15-16H,3-5,9-10H2,1-2H3,(H,22,23)(H,24,25)(H2,20,21,26)/t15-,16+/m1/s1. The molecular formula is C19H27N3O4. The molecule has 0 unspecified atom stereocenters. The first-order valence-electron chi connectivity index (χ1n) is 9.08. The first kappa shape index (κ1) is 19.8. The van der Waals surface area contributed by atoms with Crippen LogP contribution in [0.4, 0.5) is 10.5 Å². The van der Waals surface area contributed by atoms with Gasteiger partial charge in [0.1, 0.15) is 0 Å². The van der Waals surface area contributed by atoms with E-state index >= 15 is 0 Å². The number of anilines is 1. The molecule has 1 aliphatic rings.